The molecular formula is C34H32ClN7O3. The minimum atomic E-state index is -1.04. The second-order valence-corrected chi connectivity index (χ2v) is 11.7. The molecule has 0 spiro atoms. The number of hydrogen-bond donors (Lipinski definition) is 1. The molecule has 3 amide bonds. The SMILES string of the molecule is CC1CCN(C(Cc2cccc3ccccc23)C(N)=O)C(=O)C(c2cccc(Cl)c2)N1C(=O)Cn1cc(-c2cccnc2)nn1. The fourth-order valence-corrected chi connectivity index (χ4v) is 6.27. The minimum Gasteiger partial charge on any atom is -0.368 e. The molecule has 1 aliphatic rings. The molecule has 45 heavy (non-hydrogen) atoms. The van der Waals surface area contributed by atoms with E-state index in [2.05, 4.69) is 15.3 Å². The van der Waals surface area contributed by atoms with E-state index in [4.69, 9.17) is 17.3 Å². The number of benzene rings is 3. The van der Waals surface area contributed by atoms with Crippen LogP contribution >= 0.6 is 11.6 Å². The van der Waals surface area contributed by atoms with E-state index in [1.54, 1.807) is 53.8 Å². The summed E-state index contributed by atoms with van der Waals surface area (Å²) < 4.78 is 1.45. The highest BCUT2D eigenvalue weighted by atomic mass is 35.5. The third-order valence-corrected chi connectivity index (χ3v) is 8.54. The summed E-state index contributed by atoms with van der Waals surface area (Å²) in [6.07, 6.45) is 5.69. The van der Waals surface area contributed by atoms with Crippen LogP contribution in [0.15, 0.2) is 97.5 Å². The lowest BCUT2D eigenvalue weighted by Crippen LogP contribution is -2.52. The van der Waals surface area contributed by atoms with E-state index < -0.39 is 23.9 Å². The summed E-state index contributed by atoms with van der Waals surface area (Å²) in [5.74, 6) is -1.33. The summed E-state index contributed by atoms with van der Waals surface area (Å²) >= 11 is 6.39. The Morgan fingerprint density at radius 2 is 1.84 bits per heavy atom. The van der Waals surface area contributed by atoms with Gasteiger partial charge in [0.05, 0.1) is 6.20 Å². The molecule has 3 unspecified atom stereocenters. The Morgan fingerprint density at radius 1 is 1.04 bits per heavy atom. The molecule has 10 nitrogen and oxygen atoms in total. The van der Waals surface area contributed by atoms with Crippen molar-refractivity contribution in [2.45, 2.75) is 44.4 Å². The number of nitrogens with two attached hydrogens (primary N) is 1. The summed E-state index contributed by atoms with van der Waals surface area (Å²) in [5.41, 5.74) is 8.80. The van der Waals surface area contributed by atoms with Crippen LogP contribution in [0.4, 0.5) is 0 Å². The Bertz CT molecular complexity index is 1860. The molecule has 2 aromatic heterocycles. The zero-order valence-corrected chi connectivity index (χ0v) is 25.4. The van der Waals surface area contributed by atoms with Crippen molar-refractivity contribution in [3.63, 3.8) is 0 Å². The van der Waals surface area contributed by atoms with Crippen LogP contribution in [0.2, 0.25) is 5.02 Å². The summed E-state index contributed by atoms with van der Waals surface area (Å²) in [4.78, 5) is 49.0. The molecule has 0 radical (unpaired) electrons. The van der Waals surface area contributed by atoms with Crippen molar-refractivity contribution in [2.24, 2.45) is 5.73 Å². The molecule has 1 aliphatic heterocycles. The molecule has 2 N–H and O–H groups in total. The zero-order valence-electron chi connectivity index (χ0n) is 24.7. The Kier molecular flexibility index (Phi) is 8.57. The number of halogens is 1. The average molecular weight is 622 g/mol. The van der Waals surface area contributed by atoms with Crippen LogP contribution in [0.1, 0.15) is 30.5 Å². The standard InChI is InChI=1S/C34H32ClN7O3/c1-22-14-16-41(30(33(36)44)18-24-9-4-8-23-7-2-3-13-28(23)24)34(45)32(25-10-5-12-27(35)17-25)42(22)31(43)21-40-20-29(38-39-40)26-11-6-15-37-19-26/h2-13,15,17,19-20,22,30,32H,14,16,18,21H2,1H3,(H2,36,44). The van der Waals surface area contributed by atoms with Crippen molar-refractivity contribution >= 4 is 40.1 Å². The first-order chi connectivity index (χ1) is 21.8. The third-order valence-electron chi connectivity index (χ3n) is 8.30. The predicted octanol–water partition coefficient (Wildman–Crippen LogP) is 4.43. The van der Waals surface area contributed by atoms with Crippen LogP contribution in [0.3, 0.4) is 0 Å². The minimum absolute atomic E-state index is 0.142. The molecular weight excluding hydrogens is 590 g/mol. The number of rotatable bonds is 8. The van der Waals surface area contributed by atoms with Gasteiger partial charge in [0, 0.05) is 42.0 Å². The van der Waals surface area contributed by atoms with Crippen molar-refractivity contribution in [1.29, 1.82) is 0 Å². The number of carbonyl (C=O) groups excluding carboxylic acids is 3. The van der Waals surface area contributed by atoms with E-state index in [9.17, 15) is 14.4 Å². The van der Waals surface area contributed by atoms with Gasteiger partial charge < -0.3 is 15.5 Å². The maximum Gasteiger partial charge on any atom is 0.250 e. The monoisotopic (exact) mass is 621 g/mol. The molecule has 3 heterocycles. The van der Waals surface area contributed by atoms with Gasteiger partial charge in [-0.3, -0.25) is 19.4 Å². The largest absolute Gasteiger partial charge is 0.368 e. The van der Waals surface area contributed by atoms with E-state index in [0.717, 1.165) is 21.9 Å². The topological polar surface area (TPSA) is 127 Å². The molecule has 11 heteroatoms. The van der Waals surface area contributed by atoms with Crippen molar-refractivity contribution in [2.75, 3.05) is 6.54 Å². The van der Waals surface area contributed by atoms with Crippen molar-refractivity contribution in [3.8, 4) is 11.3 Å². The lowest BCUT2D eigenvalue weighted by atomic mass is 9.96. The van der Waals surface area contributed by atoms with E-state index >= 15 is 0 Å². The molecule has 6 rings (SSSR count). The lowest BCUT2D eigenvalue weighted by molar-refractivity contribution is -0.148. The maximum absolute atomic E-state index is 14.6. The molecule has 1 saturated heterocycles. The Hall–Kier alpha value is -5.09. The molecule has 5 aromatic rings. The van der Waals surface area contributed by atoms with Crippen molar-refractivity contribution in [3.05, 3.63) is 114 Å². The van der Waals surface area contributed by atoms with Crippen LogP contribution < -0.4 is 5.73 Å². The van der Waals surface area contributed by atoms with Crippen LogP contribution in [-0.4, -0.2) is 66.1 Å². The van der Waals surface area contributed by atoms with E-state index in [0.29, 0.717) is 22.7 Å². The highest BCUT2D eigenvalue weighted by molar-refractivity contribution is 6.30. The fourth-order valence-electron chi connectivity index (χ4n) is 6.07. The smallest absolute Gasteiger partial charge is 0.250 e. The van der Waals surface area contributed by atoms with E-state index in [-0.39, 0.29) is 31.5 Å². The van der Waals surface area contributed by atoms with E-state index in [1.165, 1.54) is 9.58 Å². The van der Waals surface area contributed by atoms with Gasteiger partial charge in [0.25, 0.3) is 5.91 Å². The zero-order chi connectivity index (χ0) is 31.5. The van der Waals surface area contributed by atoms with Gasteiger partial charge in [-0.1, -0.05) is 71.4 Å². The van der Waals surface area contributed by atoms with Gasteiger partial charge in [0.1, 0.15) is 24.3 Å². The first-order valence-corrected chi connectivity index (χ1v) is 15.1. The molecule has 0 saturated carbocycles. The number of primary amides is 1. The number of amides is 3. The first-order valence-electron chi connectivity index (χ1n) is 14.7. The van der Waals surface area contributed by atoms with Crippen LogP contribution in [0, 0.1) is 0 Å². The van der Waals surface area contributed by atoms with Crippen LogP contribution in [0.25, 0.3) is 22.0 Å². The second kappa shape index (κ2) is 12.9. The first kappa shape index (κ1) is 30.0. The quantitative estimate of drug-likeness (QED) is 0.273. The van der Waals surface area contributed by atoms with Gasteiger partial charge in [-0.15, -0.1) is 5.10 Å². The van der Waals surface area contributed by atoms with Crippen LogP contribution in [0.5, 0.6) is 0 Å². The summed E-state index contributed by atoms with van der Waals surface area (Å²) in [6, 6.07) is 22.0. The van der Waals surface area contributed by atoms with Gasteiger partial charge in [-0.05, 0) is 59.5 Å². The van der Waals surface area contributed by atoms with Gasteiger partial charge in [-0.25, -0.2) is 4.68 Å². The number of pyridine rings is 1. The predicted molar refractivity (Wildman–Crippen MR) is 171 cm³/mol. The highest BCUT2D eigenvalue weighted by Crippen LogP contribution is 2.33. The van der Waals surface area contributed by atoms with Gasteiger partial charge in [-0.2, -0.15) is 0 Å². The lowest BCUT2D eigenvalue weighted by Gasteiger charge is -2.35. The Morgan fingerprint density at radius 3 is 2.62 bits per heavy atom. The Labute approximate surface area is 265 Å². The maximum atomic E-state index is 14.6. The average Bonchev–Trinajstić information content (AvgIpc) is 3.46. The third kappa shape index (κ3) is 6.28. The normalized spacial score (nSPS) is 17.7. The highest BCUT2D eigenvalue weighted by Gasteiger charge is 2.43. The number of hydrogen-bond acceptors (Lipinski definition) is 6. The second-order valence-electron chi connectivity index (χ2n) is 11.2. The summed E-state index contributed by atoms with van der Waals surface area (Å²) in [5, 5.41) is 10.8. The number of carbonyl (C=O) groups is 3. The van der Waals surface area contributed by atoms with Crippen molar-refractivity contribution in [1.82, 2.24) is 29.8 Å². The molecule has 1 fully saturated rings. The Balaban J connectivity index is 1.34. The van der Waals surface area contributed by atoms with Gasteiger partial charge in [0.15, 0.2) is 0 Å². The van der Waals surface area contributed by atoms with Crippen LogP contribution in [-0.2, 0) is 27.3 Å². The molecule has 3 atom stereocenters. The molecule has 0 bridgehead atoms. The van der Waals surface area contributed by atoms with Gasteiger partial charge >= 0.3 is 0 Å². The molecule has 3 aromatic carbocycles. The number of aromatic nitrogens is 4. The fraction of sp³-hybridized carbons (Fsp3) is 0.235. The molecule has 228 valence electrons. The van der Waals surface area contributed by atoms with Gasteiger partial charge in [0.2, 0.25) is 11.8 Å². The van der Waals surface area contributed by atoms with Crippen molar-refractivity contribution < 1.29 is 14.4 Å². The summed E-state index contributed by atoms with van der Waals surface area (Å²) in [7, 11) is 0. The molecule has 0 aliphatic carbocycles. The van der Waals surface area contributed by atoms with E-state index in [1.807, 2.05) is 55.5 Å². The number of fused-ring (bicyclic) bond motifs is 1. The summed E-state index contributed by atoms with van der Waals surface area (Å²) in [6.45, 7) is 2.00. The number of nitrogens with zero attached hydrogens (tertiary/aromatic N) is 6.